The van der Waals surface area contributed by atoms with Crippen molar-refractivity contribution in [3.63, 3.8) is 0 Å². The summed E-state index contributed by atoms with van der Waals surface area (Å²) in [5.41, 5.74) is 7.91. The number of carbonyl (C=O) groups excluding carboxylic acids is 4. The van der Waals surface area contributed by atoms with Crippen LogP contribution in [0.4, 0.5) is 0 Å². The van der Waals surface area contributed by atoms with Crippen LogP contribution in [0, 0.1) is 6.92 Å². The van der Waals surface area contributed by atoms with Crippen molar-refractivity contribution in [2.45, 2.75) is 44.3 Å². The third kappa shape index (κ3) is 5.53. The van der Waals surface area contributed by atoms with Crippen LogP contribution in [0.3, 0.4) is 0 Å². The topological polar surface area (TPSA) is 176 Å². The first-order valence-electron chi connectivity index (χ1n) is 12.4. The largest absolute Gasteiger partial charge is 0.459 e. The summed E-state index contributed by atoms with van der Waals surface area (Å²) in [6, 6.07) is 8.32. The van der Waals surface area contributed by atoms with Crippen LogP contribution < -0.4 is 16.4 Å². The summed E-state index contributed by atoms with van der Waals surface area (Å²) in [6.07, 6.45) is 3.88. The van der Waals surface area contributed by atoms with E-state index < -0.39 is 35.8 Å². The van der Waals surface area contributed by atoms with Gasteiger partial charge in [0.05, 0.1) is 12.0 Å². The number of nitrogens with two attached hydrogens (primary N) is 1. The van der Waals surface area contributed by atoms with Crippen molar-refractivity contribution >= 4 is 46.1 Å². The molecule has 0 bridgehead atoms. The van der Waals surface area contributed by atoms with E-state index >= 15 is 0 Å². The first kappa shape index (κ1) is 26.1. The molecule has 5 N–H and O–H groups in total. The molecule has 3 atom stereocenters. The fourth-order valence-corrected chi connectivity index (χ4v) is 5.39. The van der Waals surface area contributed by atoms with Crippen molar-refractivity contribution in [1.29, 1.82) is 0 Å². The Kier molecular flexibility index (Phi) is 7.41. The summed E-state index contributed by atoms with van der Waals surface area (Å²) in [7, 11) is 0. The number of benzene rings is 1. The lowest BCUT2D eigenvalue weighted by atomic mass is 9.95. The van der Waals surface area contributed by atoms with Gasteiger partial charge < -0.3 is 30.7 Å². The fraction of sp³-hybridized carbons (Fsp3) is 0.308. The van der Waals surface area contributed by atoms with Gasteiger partial charge in [-0.2, -0.15) is 0 Å². The number of aromatic amines is 1. The van der Waals surface area contributed by atoms with Gasteiger partial charge in [-0.25, -0.2) is 0 Å². The van der Waals surface area contributed by atoms with Crippen molar-refractivity contribution in [1.82, 2.24) is 30.1 Å². The minimum Gasteiger partial charge on any atom is -0.459 e. The highest BCUT2D eigenvalue weighted by atomic mass is 32.1. The van der Waals surface area contributed by atoms with E-state index in [1.165, 1.54) is 17.2 Å². The Balaban J connectivity index is 1.35. The predicted octanol–water partition coefficient (Wildman–Crippen LogP) is 1.54. The van der Waals surface area contributed by atoms with Crippen LogP contribution in [0.25, 0.3) is 10.9 Å². The van der Waals surface area contributed by atoms with E-state index in [-0.39, 0.29) is 31.1 Å². The van der Waals surface area contributed by atoms with Gasteiger partial charge in [-0.1, -0.05) is 22.7 Å². The number of hydrogen-bond acceptors (Lipinski definition) is 8. The molecule has 0 spiro atoms. The molecule has 1 fully saturated rings. The minimum absolute atomic E-state index is 0.0897. The molecular weight excluding hydrogens is 522 g/mol. The number of carbonyl (C=O) groups is 4. The zero-order valence-corrected chi connectivity index (χ0v) is 21.9. The van der Waals surface area contributed by atoms with Crippen LogP contribution in [0.15, 0.2) is 53.3 Å². The van der Waals surface area contributed by atoms with E-state index in [0.29, 0.717) is 17.0 Å². The van der Waals surface area contributed by atoms with Crippen LogP contribution in [0.5, 0.6) is 0 Å². The number of primary amides is 1. The third-order valence-corrected chi connectivity index (χ3v) is 7.68. The highest BCUT2D eigenvalue weighted by molar-refractivity contribution is 7.08. The molecule has 5 rings (SSSR count). The summed E-state index contributed by atoms with van der Waals surface area (Å²) in [6.45, 7) is 1.88. The Morgan fingerprint density at radius 3 is 2.77 bits per heavy atom. The van der Waals surface area contributed by atoms with Crippen LogP contribution in [0.1, 0.15) is 44.3 Å². The molecule has 202 valence electrons. The summed E-state index contributed by atoms with van der Waals surface area (Å²) in [5.74, 6) is -1.96. The normalized spacial score (nSPS) is 18.0. The fourth-order valence-electron chi connectivity index (χ4n) is 4.83. The van der Waals surface area contributed by atoms with Crippen molar-refractivity contribution in [2.75, 3.05) is 6.54 Å². The number of nitrogens with one attached hydrogen (secondary N) is 3. The number of aromatic nitrogens is 3. The number of likely N-dealkylation sites (tertiary alicyclic amines) is 1. The lowest BCUT2D eigenvalue weighted by Gasteiger charge is -2.38. The number of H-pyrrole nitrogens is 1. The van der Waals surface area contributed by atoms with E-state index in [4.69, 9.17) is 10.2 Å². The molecule has 0 radical (unpaired) electrons. The Morgan fingerprint density at radius 2 is 2.05 bits per heavy atom. The number of fused-ring (bicyclic) bond motifs is 1. The van der Waals surface area contributed by atoms with Crippen LogP contribution in [-0.2, 0) is 16.0 Å². The Labute approximate surface area is 227 Å². The zero-order valence-electron chi connectivity index (χ0n) is 21.0. The molecule has 1 saturated heterocycles. The number of piperidine rings is 1. The van der Waals surface area contributed by atoms with Crippen molar-refractivity contribution in [2.24, 2.45) is 5.73 Å². The second kappa shape index (κ2) is 11.1. The summed E-state index contributed by atoms with van der Waals surface area (Å²) < 4.78 is 9.08. The van der Waals surface area contributed by atoms with Crippen LogP contribution in [0.2, 0.25) is 0 Å². The van der Waals surface area contributed by atoms with E-state index in [9.17, 15) is 19.2 Å². The smallest absolute Gasteiger partial charge is 0.290 e. The van der Waals surface area contributed by atoms with Gasteiger partial charge >= 0.3 is 0 Å². The standard InChI is InChI=1S/C26H27N7O5S/c1-14-22(39-32-31-14)25(36)29-16-8-9-33(26(37)21-7-4-10-38-21)20(12-16)24(35)30-19(23(27)34)11-15-13-28-18-6-3-2-5-17(15)18/h2-7,10,13,16,19-20,28H,8-9,11-12H2,1H3,(H2,27,34)(H,29,36)(H,30,35)/t16-,19+,20-/m0/s1. The summed E-state index contributed by atoms with van der Waals surface area (Å²) >= 11 is 0.988. The van der Waals surface area contributed by atoms with Gasteiger partial charge in [-0.05, 0) is 55.1 Å². The Bertz CT molecular complexity index is 1510. The number of amides is 4. The third-order valence-electron chi connectivity index (χ3n) is 6.85. The monoisotopic (exact) mass is 549 g/mol. The first-order chi connectivity index (χ1) is 18.8. The molecule has 13 heteroatoms. The van der Waals surface area contributed by atoms with Crippen molar-refractivity contribution in [3.05, 3.63) is 70.8 Å². The molecule has 0 saturated carbocycles. The molecule has 1 aliphatic heterocycles. The maximum absolute atomic E-state index is 13.6. The molecule has 4 heterocycles. The van der Waals surface area contributed by atoms with Crippen molar-refractivity contribution < 1.29 is 23.6 Å². The predicted molar refractivity (Wildman–Crippen MR) is 142 cm³/mol. The molecule has 4 amide bonds. The molecule has 3 aromatic heterocycles. The molecule has 0 unspecified atom stereocenters. The first-order valence-corrected chi connectivity index (χ1v) is 13.2. The number of aryl methyl sites for hydroxylation is 1. The number of hydrogen-bond donors (Lipinski definition) is 4. The number of rotatable bonds is 8. The van der Waals surface area contributed by atoms with Crippen LogP contribution >= 0.6 is 11.5 Å². The second-order valence-electron chi connectivity index (χ2n) is 9.40. The van der Waals surface area contributed by atoms with E-state index in [2.05, 4.69) is 25.2 Å². The van der Waals surface area contributed by atoms with Crippen molar-refractivity contribution in [3.8, 4) is 0 Å². The van der Waals surface area contributed by atoms with Gasteiger partial charge in [0.15, 0.2) is 5.76 Å². The molecule has 1 aromatic carbocycles. The summed E-state index contributed by atoms with van der Waals surface area (Å²) in [5, 5.41) is 10.5. The molecule has 12 nitrogen and oxygen atoms in total. The highest BCUT2D eigenvalue weighted by Gasteiger charge is 2.39. The van der Waals surface area contributed by atoms with Gasteiger partial charge in [0, 0.05) is 36.1 Å². The zero-order chi connectivity index (χ0) is 27.5. The SMILES string of the molecule is Cc1nnsc1C(=O)N[C@H]1CCN(C(=O)c2ccco2)[C@H](C(=O)N[C@H](Cc2c[nH]c3ccccc23)C(N)=O)C1. The molecular formula is C26H27N7O5S. The van der Waals surface area contributed by atoms with E-state index in [1.54, 1.807) is 19.2 Å². The van der Waals surface area contributed by atoms with Crippen LogP contribution in [-0.4, -0.2) is 67.8 Å². The number of furan rings is 1. The molecule has 4 aromatic rings. The highest BCUT2D eigenvalue weighted by Crippen LogP contribution is 2.23. The molecule has 0 aliphatic carbocycles. The number of para-hydroxylation sites is 1. The van der Waals surface area contributed by atoms with E-state index in [1.807, 2.05) is 24.3 Å². The minimum atomic E-state index is -1.02. The van der Waals surface area contributed by atoms with E-state index in [0.717, 1.165) is 28.0 Å². The van der Waals surface area contributed by atoms with Gasteiger partial charge in [0.1, 0.15) is 17.0 Å². The Hall–Kier alpha value is -4.52. The van der Waals surface area contributed by atoms with Gasteiger partial charge in [0.2, 0.25) is 11.8 Å². The number of nitrogens with zero attached hydrogens (tertiary/aromatic N) is 3. The lowest BCUT2D eigenvalue weighted by molar-refractivity contribution is -0.131. The molecule has 1 aliphatic rings. The maximum Gasteiger partial charge on any atom is 0.290 e. The van der Waals surface area contributed by atoms with Gasteiger partial charge in [-0.3, -0.25) is 19.2 Å². The Morgan fingerprint density at radius 1 is 1.23 bits per heavy atom. The average molecular weight is 550 g/mol. The molecule has 39 heavy (non-hydrogen) atoms. The average Bonchev–Trinajstić information content (AvgIpc) is 3.69. The summed E-state index contributed by atoms with van der Waals surface area (Å²) in [4.78, 5) is 56.9. The van der Waals surface area contributed by atoms with Gasteiger partial charge in [-0.15, -0.1) is 5.10 Å². The second-order valence-corrected chi connectivity index (χ2v) is 10.2. The quantitative estimate of drug-likeness (QED) is 0.258. The maximum atomic E-state index is 13.6. The lowest BCUT2D eigenvalue weighted by Crippen LogP contribution is -2.59. The van der Waals surface area contributed by atoms with Gasteiger partial charge in [0.25, 0.3) is 11.8 Å².